The lowest BCUT2D eigenvalue weighted by atomic mass is 10.2. The maximum atomic E-state index is 8.88. The van der Waals surface area contributed by atoms with E-state index in [1.165, 1.54) is 6.20 Å². The third-order valence-electron chi connectivity index (χ3n) is 2.15. The first-order valence-electron chi connectivity index (χ1n) is 4.86. The molecule has 0 N–H and O–H groups in total. The van der Waals surface area contributed by atoms with E-state index in [0.29, 0.717) is 16.3 Å². The summed E-state index contributed by atoms with van der Waals surface area (Å²) in [5.74, 6) is 0.764. The van der Waals surface area contributed by atoms with Gasteiger partial charge in [0.05, 0.1) is 6.20 Å². The number of hydrogen-bond acceptors (Lipinski definition) is 4. The first kappa shape index (κ1) is 11.4. The van der Waals surface area contributed by atoms with Crippen LogP contribution in [0.1, 0.15) is 11.1 Å². The number of aryl methyl sites for hydroxylation is 1. The Morgan fingerprint density at radius 1 is 1.35 bits per heavy atom. The molecule has 0 saturated heterocycles. The number of rotatable bonds is 2. The second-order valence-electron chi connectivity index (χ2n) is 3.37. The molecule has 0 radical (unpaired) electrons. The van der Waals surface area contributed by atoms with Gasteiger partial charge in [0.25, 0.3) is 5.88 Å². The summed E-state index contributed by atoms with van der Waals surface area (Å²) in [6, 6.07) is 8.76. The van der Waals surface area contributed by atoms with Crippen molar-refractivity contribution in [3.05, 3.63) is 46.6 Å². The van der Waals surface area contributed by atoms with Crippen LogP contribution in [-0.2, 0) is 0 Å². The molecule has 2 rings (SSSR count). The van der Waals surface area contributed by atoms with Crippen LogP contribution in [0.15, 0.2) is 30.5 Å². The van der Waals surface area contributed by atoms with Gasteiger partial charge in [0.15, 0.2) is 0 Å². The molecular weight excluding hydrogens is 238 g/mol. The first-order valence-corrected chi connectivity index (χ1v) is 5.24. The summed E-state index contributed by atoms with van der Waals surface area (Å²) in [5.41, 5.74) is 1.24. The summed E-state index contributed by atoms with van der Waals surface area (Å²) in [7, 11) is 0. The highest BCUT2D eigenvalue weighted by molar-refractivity contribution is 6.31. The molecule has 0 spiro atoms. The Kier molecular flexibility index (Phi) is 3.22. The lowest BCUT2D eigenvalue weighted by Gasteiger charge is -2.06. The van der Waals surface area contributed by atoms with E-state index < -0.39 is 0 Å². The summed E-state index contributed by atoms with van der Waals surface area (Å²) in [5, 5.41) is 17.0. The summed E-state index contributed by atoms with van der Waals surface area (Å²) in [6.45, 7) is 1.87. The molecule has 1 aromatic heterocycles. The van der Waals surface area contributed by atoms with E-state index in [1.54, 1.807) is 24.3 Å². The SMILES string of the molecule is Cc1cc(Oc2nnccc2C#N)ccc1Cl. The number of nitrogens with zero attached hydrogens (tertiary/aromatic N) is 3. The van der Waals surface area contributed by atoms with Crippen molar-refractivity contribution in [2.24, 2.45) is 0 Å². The maximum Gasteiger partial charge on any atom is 0.256 e. The van der Waals surface area contributed by atoms with Gasteiger partial charge in [0.1, 0.15) is 17.4 Å². The van der Waals surface area contributed by atoms with Crippen LogP contribution in [-0.4, -0.2) is 10.2 Å². The summed E-state index contributed by atoms with van der Waals surface area (Å²) in [4.78, 5) is 0. The smallest absolute Gasteiger partial charge is 0.256 e. The molecule has 2 aromatic rings. The number of halogens is 1. The Hall–Kier alpha value is -2.12. The largest absolute Gasteiger partial charge is 0.437 e. The number of aromatic nitrogens is 2. The lowest BCUT2D eigenvalue weighted by Crippen LogP contribution is -1.93. The molecule has 0 amide bonds. The van der Waals surface area contributed by atoms with E-state index in [2.05, 4.69) is 10.2 Å². The molecule has 1 heterocycles. The summed E-state index contributed by atoms with van der Waals surface area (Å²) in [6.07, 6.45) is 1.44. The fourth-order valence-electron chi connectivity index (χ4n) is 1.27. The molecule has 17 heavy (non-hydrogen) atoms. The molecule has 0 fully saturated rings. The van der Waals surface area contributed by atoms with Gasteiger partial charge >= 0.3 is 0 Å². The predicted molar refractivity (Wildman–Crippen MR) is 63.0 cm³/mol. The Morgan fingerprint density at radius 3 is 2.88 bits per heavy atom. The van der Waals surface area contributed by atoms with Crippen molar-refractivity contribution in [2.75, 3.05) is 0 Å². The molecule has 0 bridgehead atoms. The third kappa shape index (κ3) is 2.52. The number of benzene rings is 1. The summed E-state index contributed by atoms with van der Waals surface area (Å²) < 4.78 is 5.48. The van der Waals surface area contributed by atoms with Crippen LogP contribution in [0.25, 0.3) is 0 Å². The van der Waals surface area contributed by atoms with Crippen molar-refractivity contribution in [2.45, 2.75) is 6.92 Å². The Bertz CT molecular complexity index is 593. The van der Waals surface area contributed by atoms with E-state index in [0.717, 1.165) is 5.56 Å². The molecule has 4 nitrogen and oxygen atoms in total. The minimum absolute atomic E-state index is 0.191. The Morgan fingerprint density at radius 2 is 2.18 bits per heavy atom. The molecular formula is C12H8ClN3O. The van der Waals surface area contributed by atoms with E-state index >= 15 is 0 Å². The second-order valence-corrected chi connectivity index (χ2v) is 3.78. The fourth-order valence-corrected chi connectivity index (χ4v) is 1.39. The van der Waals surface area contributed by atoms with E-state index in [1.807, 2.05) is 13.0 Å². The van der Waals surface area contributed by atoms with Crippen LogP contribution in [0, 0.1) is 18.3 Å². The van der Waals surface area contributed by atoms with E-state index in [-0.39, 0.29) is 5.88 Å². The minimum Gasteiger partial charge on any atom is -0.437 e. The normalized spacial score (nSPS) is 9.71. The Balaban J connectivity index is 2.32. The highest BCUT2D eigenvalue weighted by Crippen LogP contribution is 2.25. The topological polar surface area (TPSA) is 58.8 Å². The van der Waals surface area contributed by atoms with Crippen LogP contribution in [0.4, 0.5) is 0 Å². The molecule has 84 valence electrons. The molecule has 0 aliphatic rings. The van der Waals surface area contributed by atoms with Crippen molar-refractivity contribution < 1.29 is 4.74 Å². The predicted octanol–water partition coefficient (Wildman–Crippen LogP) is 3.10. The molecule has 1 aromatic carbocycles. The first-order chi connectivity index (χ1) is 8.20. The highest BCUT2D eigenvalue weighted by Gasteiger charge is 2.07. The van der Waals surface area contributed by atoms with Crippen molar-refractivity contribution >= 4 is 11.6 Å². The quantitative estimate of drug-likeness (QED) is 0.816. The van der Waals surface area contributed by atoms with Gasteiger partial charge in [-0.3, -0.25) is 0 Å². The van der Waals surface area contributed by atoms with Gasteiger partial charge in [-0.25, -0.2) is 0 Å². The van der Waals surface area contributed by atoms with Gasteiger partial charge < -0.3 is 4.74 Å². The maximum absolute atomic E-state index is 8.88. The average Bonchev–Trinajstić information content (AvgIpc) is 2.34. The number of ether oxygens (including phenoxy) is 1. The lowest BCUT2D eigenvalue weighted by molar-refractivity contribution is 0.453. The van der Waals surface area contributed by atoms with Crippen LogP contribution >= 0.6 is 11.6 Å². The van der Waals surface area contributed by atoms with Crippen molar-refractivity contribution in [3.63, 3.8) is 0 Å². The molecule has 5 heteroatoms. The highest BCUT2D eigenvalue weighted by atomic mass is 35.5. The van der Waals surface area contributed by atoms with E-state index in [9.17, 15) is 0 Å². The average molecular weight is 246 g/mol. The van der Waals surface area contributed by atoms with Crippen LogP contribution in [0.5, 0.6) is 11.6 Å². The van der Waals surface area contributed by atoms with Crippen molar-refractivity contribution in [1.29, 1.82) is 5.26 Å². The zero-order valence-corrected chi connectivity index (χ0v) is 9.77. The van der Waals surface area contributed by atoms with Gasteiger partial charge in [-0.05, 0) is 36.8 Å². The zero-order valence-electron chi connectivity index (χ0n) is 9.01. The number of hydrogen-bond donors (Lipinski definition) is 0. The van der Waals surface area contributed by atoms with E-state index in [4.69, 9.17) is 21.6 Å². The minimum atomic E-state index is 0.191. The van der Waals surface area contributed by atoms with Crippen LogP contribution in [0.3, 0.4) is 0 Å². The van der Waals surface area contributed by atoms with Crippen LogP contribution in [0.2, 0.25) is 5.02 Å². The molecule has 0 aliphatic heterocycles. The van der Waals surface area contributed by atoms with Gasteiger partial charge in [-0.2, -0.15) is 10.4 Å². The Labute approximate surface area is 103 Å². The van der Waals surface area contributed by atoms with Crippen LogP contribution < -0.4 is 4.74 Å². The van der Waals surface area contributed by atoms with Gasteiger partial charge in [0.2, 0.25) is 0 Å². The molecule has 0 atom stereocenters. The fraction of sp³-hybridized carbons (Fsp3) is 0.0833. The van der Waals surface area contributed by atoms with Crippen molar-refractivity contribution in [3.8, 4) is 17.7 Å². The molecule has 0 aliphatic carbocycles. The monoisotopic (exact) mass is 245 g/mol. The second kappa shape index (κ2) is 4.81. The zero-order chi connectivity index (χ0) is 12.3. The number of nitriles is 1. The standard InChI is InChI=1S/C12H8ClN3O/c1-8-6-10(2-3-11(8)13)17-12-9(7-14)4-5-15-16-12/h2-6H,1H3. The third-order valence-corrected chi connectivity index (χ3v) is 2.58. The van der Waals surface area contributed by atoms with Gasteiger partial charge in [-0.15, -0.1) is 5.10 Å². The van der Waals surface area contributed by atoms with Crippen molar-refractivity contribution in [1.82, 2.24) is 10.2 Å². The molecule has 0 saturated carbocycles. The van der Waals surface area contributed by atoms with Gasteiger partial charge in [-0.1, -0.05) is 11.6 Å². The summed E-state index contributed by atoms with van der Waals surface area (Å²) >= 11 is 5.91. The molecule has 0 unspecified atom stereocenters. The van der Waals surface area contributed by atoms with Gasteiger partial charge in [0, 0.05) is 5.02 Å².